The lowest BCUT2D eigenvalue weighted by molar-refractivity contribution is 1.13. The smallest absolute Gasteiger partial charge is 0.258 e. The van der Waals surface area contributed by atoms with Gasteiger partial charge in [-0.15, -0.1) is 0 Å². The third-order valence-corrected chi connectivity index (χ3v) is 4.01. The summed E-state index contributed by atoms with van der Waals surface area (Å²) in [4.78, 5) is 18.4. The van der Waals surface area contributed by atoms with Crippen LogP contribution in [0.2, 0.25) is 0 Å². The highest BCUT2D eigenvalue weighted by Gasteiger charge is 2.06. The number of aromatic nitrogens is 2. The number of hydrogen-bond donors (Lipinski definition) is 3. The van der Waals surface area contributed by atoms with Crippen LogP contribution in [-0.2, 0) is 6.54 Å². The van der Waals surface area contributed by atoms with Gasteiger partial charge in [-0.25, -0.2) is 4.98 Å². The van der Waals surface area contributed by atoms with Crippen LogP contribution >= 0.6 is 15.9 Å². The van der Waals surface area contributed by atoms with Gasteiger partial charge in [-0.05, 0) is 23.8 Å². The molecule has 0 saturated carbocycles. The van der Waals surface area contributed by atoms with E-state index >= 15 is 0 Å². The zero-order valence-corrected chi connectivity index (χ0v) is 12.6. The maximum atomic E-state index is 11.7. The maximum absolute atomic E-state index is 11.7. The minimum absolute atomic E-state index is 0.191. The Kier molecular flexibility index (Phi) is 3.62. The fraction of sp³-hybridized carbons (Fsp3) is 0.0667. The van der Waals surface area contributed by atoms with Crippen molar-refractivity contribution < 1.29 is 0 Å². The zero-order valence-electron chi connectivity index (χ0n) is 11.1. The van der Waals surface area contributed by atoms with Crippen LogP contribution in [0.4, 0.5) is 11.4 Å². The molecule has 0 aliphatic rings. The second-order valence-corrected chi connectivity index (χ2v) is 5.49. The molecule has 0 radical (unpaired) electrons. The first-order valence-electron chi connectivity index (χ1n) is 6.39. The number of nitrogens with two attached hydrogens (primary N) is 1. The number of H-pyrrole nitrogens is 1. The molecule has 0 amide bonds. The molecule has 1 aromatic heterocycles. The fourth-order valence-corrected chi connectivity index (χ4v) is 2.54. The van der Waals surface area contributed by atoms with Crippen LogP contribution in [0, 0.1) is 0 Å². The molecule has 0 spiro atoms. The Balaban J connectivity index is 1.93. The van der Waals surface area contributed by atoms with Gasteiger partial charge in [0.2, 0.25) is 0 Å². The summed E-state index contributed by atoms with van der Waals surface area (Å²) in [5, 5.41) is 3.76. The van der Waals surface area contributed by atoms with Crippen molar-refractivity contribution in [3.8, 4) is 0 Å². The summed E-state index contributed by atoms with van der Waals surface area (Å²) >= 11 is 3.51. The molecule has 0 bridgehead atoms. The summed E-state index contributed by atoms with van der Waals surface area (Å²) in [6, 6.07) is 11.4. The SMILES string of the molecule is Nc1cc2c(=O)[nH]cnc2cc1NCc1ccccc1Br. The van der Waals surface area contributed by atoms with Gasteiger partial charge in [-0.2, -0.15) is 0 Å². The van der Waals surface area contributed by atoms with Gasteiger partial charge in [0, 0.05) is 11.0 Å². The molecule has 0 aliphatic carbocycles. The number of rotatable bonds is 3. The van der Waals surface area contributed by atoms with Crippen molar-refractivity contribution in [1.82, 2.24) is 9.97 Å². The van der Waals surface area contributed by atoms with Crippen LogP contribution in [0.5, 0.6) is 0 Å². The molecule has 5 nitrogen and oxygen atoms in total. The molecule has 3 aromatic rings. The van der Waals surface area contributed by atoms with Crippen molar-refractivity contribution in [3.63, 3.8) is 0 Å². The topological polar surface area (TPSA) is 83.8 Å². The van der Waals surface area contributed by atoms with Crippen LogP contribution in [0.3, 0.4) is 0 Å². The molecule has 2 aromatic carbocycles. The minimum atomic E-state index is -0.191. The Morgan fingerprint density at radius 3 is 2.90 bits per heavy atom. The summed E-state index contributed by atoms with van der Waals surface area (Å²) in [7, 11) is 0. The molecular weight excluding hydrogens is 332 g/mol. The third-order valence-electron chi connectivity index (χ3n) is 3.24. The summed E-state index contributed by atoms with van der Waals surface area (Å²) in [5.41, 5.74) is 8.83. The number of nitrogens with one attached hydrogen (secondary N) is 2. The molecular formula is C15H13BrN4O. The van der Waals surface area contributed by atoms with Gasteiger partial charge in [0.1, 0.15) is 0 Å². The first kappa shape index (κ1) is 13.6. The van der Waals surface area contributed by atoms with Gasteiger partial charge in [-0.3, -0.25) is 4.79 Å². The van der Waals surface area contributed by atoms with Gasteiger partial charge < -0.3 is 16.0 Å². The molecule has 21 heavy (non-hydrogen) atoms. The van der Waals surface area contributed by atoms with Crippen LogP contribution in [-0.4, -0.2) is 9.97 Å². The molecule has 0 fully saturated rings. The van der Waals surface area contributed by atoms with Crippen LogP contribution in [0.15, 0.2) is 52.0 Å². The van der Waals surface area contributed by atoms with Gasteiger partial charge in [0.05, 0.1) is 28.6 Å². The predicted molar refractivity (Wildman–Crippen MR) is 88.2 cm³/mol. The Morgan fingerprint density at radius 1 is 1.29 bits per heavy atom. The highest BCUT2D eigenvalue weighted by Crippen LogP contribution is 2.24. The van der Waals surface area contributed by atoms with Gasteiger partial charge >= 0.3 is 0 Å². The summed E-state index contributed by atoms with van der Waals surface area (Å²) in [5.74, 6) is 0. The molecule has 0 atom stereocenters. The van der Waals surface area contributed by atoms with Crippen LogP contribution < -0.4 is 16.6 Å². The Bertz CT molecular complexity index is 860. The van der Waals surface area contributed by atoms with Gasteiger partial charge in [-0.1, -0.05) is 34.1 Å². The summed E-state index contributed by atoms with van der Waals surface area (Å²) in [6.45, 7) is 0.625. The predicted octanol–water partition coefficient (Wildman–Crippen LogP) is 2.88. The molecule has 3 rings (SSSR count). The lowest BCUT2D eigenvalue weighted by Gasteiger charge is -2.11. The van der Waals surface area contributed by atoms with E-state index in [4.69, 9.17) is 5.73 Å². The summed E-state index contributed by atoms with van der Waals surface area (Å²) in [6.07, 6.45) is 1.39. The summed E-state index contributed by atoms with van der Waals surface area (Å²) < 4.78 is 1.03. The quantitative estimate of drug-likeness (QED) is 0.638. The van der Waals surface area contributed by atoms with Crippen molar-refractivity contribution >= 4 is 38.2 Å². The zero-order chi connectivity index (χ0) is 14.8. The van der Waals surface area contributed by atoms with Crippen molar-refractivity contribution in [2.45, 2.75) is 6.54 Å². The number of aromatic amines is 1. The number of fused-ring (bicyclic) bond motifs is 1. The van der Waals surface area contributed by atoms with E-state index in [0.717, 1.165) is 15.7 Å². The molecule has 0 saturated heterocycles. The molecule has 106 valence electrons. The second-order valence-electron chi connectivity index (χ2n) is 4.63. The van der Waals surface area contributed by atoms with E-state index in [2.05, 4.69) is 31.2 Å². The Hall–Kier alpha value is -2.34. The van der Waals surface area contributed by atoms with Crippen molar-refractivity contribution in [3.05, 3.63) is 63.1 Å². The fourth-order valence-electron chi connectivity index (χ4n) is 2.12. The van der Waals surface area contributed by atoms with E-state index in [9.17, 15) is 4.79 Å². The Labute approximate surface area is 129 Å². The van der Waals surface area contributed by atoms with E-state index in [1.54, 1.807) is 12.1 Å². The lowest BCUT2D eigenvalue weighted by Crippen LogP contribution is -2.09. The van der Waals surface area contributed by atoms with Crippen molar-refractivity contribution in [2.24, 2.45) is 0 Å². The van der Waals surface area contributed by atoms with Crippen LogP contribution in [0.1, 0.15) is 5.56 Å². The highest BCUT2D eigenvalue weighted by molar-refractivity contribution is 9.10. The highest BCUT2D eigenvalue weighted by atomic mass is 79.9. The minimum Gasteiger partial charge on any atom is -0.397 e. The average molecular weight is 345 g/mol. The standard InChI is InChI=1S/C15H13BrN4O/c16-11-4-2-1-3-9(11)7-18-14-6-13-10(5-12(14)17)15(21)20-8-19-13/h1-6,8,18H,7,17H2,(H,19,20,21). The van der Waals surface area contributed by atoms with Gasteiger partial charge in [0.25, 0.3) is 5.56 Å². The third kappa shape index (κ3) is 2.75. The molecule has 1 heterocycles. The van der Waals surface area contributed by atoms with E-state index in [1.807, 2.05) is 24.3 Å². The molecule has 0 unspecified atom stereocenters. The number of nitrogen functional groups attached to an aromatic ring is 1. The van der Waals surface area contributed by atoms with E-state index in [-0.39, 0.29) is 5.56 Å². The maximum Gasteiger partial charge on any atom is 0.258 e. The molecule has 4 N–H and O–H groups in total. The number of benzene rings is 2. The normalized spacial score (nSPS) is 10.7. The first-order valence-corrected chi connectivity index (χ1v) is 7.18. The molecule has 0 aliphatic heterocycles. The van der Waals surface area contributed by atoms with Crippen molar-refractivity contribution in [1.29, 1.82) is 0 Å². The second kappa shape index (κ2) is 5.57. The van der Waals surface area contributed by atoms with E-state index < -0.39 is 0 Å². The number of hydrogen-bond acceptors (Lipinski definition) is 4. The van der Waals surface area contributed by atoms with E-state index in [1.165, 1.54) is 6.33 Å². The van der Waals surface area contributed by atoms with Crippen LogP contribution in [0.25, 0.3) is 10.9 Å². The number of halogens is 1. The van der Waals surface area contributed by atoms with Crippen molar-refractivity contribution in [2.75, 3.05) is 11.1 Å². The lowest BCUT2D eigenvalue weighted by atomic mass is 10.1. The monoisotopic (exact) mass is 344 g/mol. The molecule has 6 heteroatoms. The average Bonchev–Trinajstić information content (AvgIpc) is 2.48. The van der Waals surface area contributed by atoms with E-state index in [0.29, 0.717) is 23.1 Å². The Morgan fingerprint density at radius 2 is 2.10 bits per heavy atom. The van der Waals surface area contributed by atoms with Gasteiger partial charge in [0.15, 0.2) is 0 Å². The first-order chi connectivity index (χ1) is 10.1. The largest absolute Gasteiger partial charge is 0.397 e. The number of nitrogens with zero attached hydrogens (tertiary/aromatic N) is 1. The number of anilines is 2.